The van der Waals surface area contributed by atoms with Crippen molar-refractivity contribution in [2.24, 2.45) is 0 Å². The first-order chi connectivity index (χ1) is 9.47. The lowest BCUT2D eigenvalue weighted by atomic mass is 10.1. The second-order valence-corrected chi connectivity index (χ2v) is 4.86. The van der Waals surface area contributed by atoms with Gasteiger partial charge in [-0.3, -0.25) is 0 Å². The number of aromatic nitrogens is 2. The molecule has 2 heterocycles. The molecule has 0 amide bonds. The topological polar surface area (TPSA) is 63.8 Å². The van der Waals surface area contributed by atoms with Gasteiger partial charge in [-0.25, -0.2) is 9.97 Å². The monoisotopic (exact) mass is 282 g/mol. The van der Waals surface area contributed by atoms with Gasteiger partial charge in [-0.15, -0.1) is 0 Å². The van der Waals surface area contributed by atoms with Gasteiger partial charge in [-0.05, 0) is 25.1 Å². The number of rotatable bonds is 1. The van der Waals surface area contributed by atoms with E-state index >= 15 is 0 Å². The van der Waals surface area contributed by atoms with Crippen LogP contribution in [0.25, 0.3) is 10.9 Å². The molecule has 1 atom stereocenters. The highest BCUT2D eigenvalue weighted by Crippen LogP contribution is 2.35. The fourth-order valence-electron chi connectivity index (χ4n) is 2.48. The number of nitrogens with zero attached hydrogens (tertiary/aromatic N) is 2. The van der Waals surface area contributed by atoms with E-state index in [1.165, 1.54) is 12.1 Å². The number of hydrogen-bond donors (Lipinski definition) is 2. The van der Waals surface area contributed by atoms with Crippen LogP contribution in [0.3, 0.4) is 0 Å². The van der Waals surface area contributed by atoms with Crippen LogP contribution in [0, 0.1) is 0 Å². The highest BCUT2D eigenvalue weighted by Gasteiger charge is 2.34. The number of benzene rings is 1. The van der Waals surface area contributed by atoms with Crippen molar-refractivity contribution in [3.05, 3.63) is 29.6 Å². The van der Waals surface area contributed by atoms with Crippen LogP contribution in [0.2, 0.25) is 0 Å². The Labute approximate surface area is 113 Å². The molecule has 3 rings (SSSR count). The summed E-state index contributed by atoms with van der Waals surface area (Å²) in [6, 6.07) is 3.85. The van der Waals surface area contributed by atoms with Crippen LogP contribution in [0.4, 0.5) is 19.0 Å². The Balaban J connectivity index is 2.22. The molecule has 0 spiro atoms. The summed E-state index contributed by atoms with van der Waals surface area (Å²) in [6.07, 6.45) is -3.65. The molecule has 1 aliphatic rings. The number of nitrogen functional groups attached to an aromatic ring is 1. The molecule has 1 aromatic carbocycles. The summed E-state index contributed by atoms with van der Waals surface area (Å²) < 4.78 is 39.1. The molecule has 1 fully saturated rings. The van der Waals surface area contributed by atoms with Gasteiger partial charge < -0.3 is 11.1 Å². The maximum absolute atomic E-state index is 13.0. The smallest absolute Gasteiger partial charge is 0.383 e. The fraction of sp³-hybridized carbons (Fsp3) is 0.385. The zero-order valence-corrected chi connectivity index (χ0v) is 10.5. The van der Waals surface area contributed by atoms with E-state index in [1.807, 2.05) is 0 Å². The number of para-hydroxylation sites is 1. The number of nitrogens with one attached hydrogen (secondary N) is 1. The minimum atomic E-state index is -4.45. The summed E-state index contributed by atoms with van der Waals surface area (Å²) in [5.74, 6) is 0.502. The molecule has 3 N–H and O–H groups in total. The number of nitrogens with two attached hydrogens (primary N) is 1. The largest absolute Gasteiger partial charge is 0.418 e. The van der Waals surface area contributed by atoms with E-state index in [-0.39, 0.29) is 22.6 Å². The third-order valence-corrected chi connectivity index (χ3v) is 3.50. The van der Waals surface area contributed by atoms with Gasteiger partial charge in [0.1, 0.15) is 11.6 Å². The predicted molar refractivity (Wildman–Crippen MR) is 69.2 cm³/mol. The molecule has 1 aromatic heterocycles. The molecule has 1 aliphatic heterocycles. The zero-order valence-electron chi connectivity index (χ0n) is 10.5. The van der Waals surface area contributed by atoms with Gasteiger partial charge in [-0.2, -0.15) is 13.2 Å². The van der Waals surface area contributed by atoms with Crippen LogP contribution >= 0.6 is 0 Å². The van der Waals surface area contributed by atoms with E-state index in [4.69, 9.17) is 5.73 Å². The SMILES string of the molecule is Nc1nc(C2CCNC2)nc2c(C(F)(F)F)cccc12. The van der Waals surface area contributed by atoms with Gasteiger partial charge in [0.05, 0.1) is 11.1 Å². The van der Waals surface area contributed by atoms with Crippen LogP contribution in [0.15, 0.2) is 18.2 Å². The number of hydrogen-bond acceptors (Lipinski definition) is 4. The Bertz CT molecular complexity index is 648. The van der Waals surface area contributed by atoms with E-state index in [0.29, 0.717) is 12.4 Å². The van der Waals surface area contributed by atoms with Crippen molar-refractivity contribution in [1.82, 2.24) is 15.3 Å². The van der Waals surface area contributed by atoms with Crippen molar-refractivity contribution in [3.63, 3.8) is 0 Å². The molecule has 106 valence electrons. The van der Waals surface area contributed by atoms with Gasteiger partial charge >= 0.3 is 6.18 Å². The Morgan fingerprint density at radius 1 is 1.25 bits per heavy atom. The molecular formula is C13H13F3N4. The summed E-state index contributed by atoms with van der Waals surface area (Å²) >= 11 is 0. The third kappa shape index (κ3) is 2.18. The Morgan fingerprint density at radius 2 is 2.05 bits per heavy atom. The molecule has 0 bridgehead atoms. The Hall–Kier alpha value is -1.89. The molecule has 0 saturated carbocycles. The number of anilines is 1. The Kier molecular flexibility index (Phi) is 3.01. The average molecular weight is 282 g/mol. The molecule has 1 saturated heterocycles. The summed E-state index contributed by atoms with van der Waals surface area (Å²) in [5.41, 5.74) is 4.91. The second kappa shape index (κ2) is 4.59. The molecule has 2 aromatic rings. The van der Waals surface area contributed by atoms with Crippen molar-refractivity contribution in [2.75, 3.05) is 18.8 Å². The number of fused-ring (bicyclic) bond motifs is 1. The quantitative estimate of drug-likeness (QED) is 0.842. The summed E-state index contributed by atoms with van der Waals surface area (Å²) in [5, 5.41) is 3.39. The molecule has 7 heteroatoms. The van der Waals surface area contributed by atoms with Crippen LogP contribution in [-0.2, 0) is 6.18 Å². The summed E-state index contributed by atoms with van der Waals surface area (Å²) in [4.78, 5) is 8.30. The first-order valence-electron chi connectivity index (χ1n) is 6.31. The van der Waals surface area contributed by atoms with Gasteiger partial charge in [0, 0.05) is 17.8 Å². The highest BCUT2D eigenvalue weighted by molar-refractivity contribution is 5.90. The zero-order chi connectivity index (χ0) is 14.3. The normalized spacial score (nSPS) is 19.6. The lowest BCUT2D eigenvalue weighted by Gasteiger charge is -2.13. The predicted octanol–water partition coefficient (Wildman–Crippen LogP) is 2.31. The molecule has 0 radical (unpaired) electrons. The maximum Gasteiger partial charge on any atom is 0.418 e. The average Bonchev–Trinajstić information content (AvgIpc) is 2.90. The summed E-state index contributed by atoms with van der Waals surface area (Å²) in [6.45, 7) is 1.48. The Morgan fingerprint density at radius 3 is 2.70 bits per heavy atom. The minimum Gasteiger partial charge on any atom is -0.383 e. The molecule has 4 nitrogen and oxygen atoms in total. The van der Waals surface area contributed by atoms with Gasteiger partial charge in [0.15, 0.2) is 0 Å². The molecule has 20 heavy (non-hydrogen) atoms. The van der Waals surface area contributed by atoms with Crippen LogP contribution < -0.4 is 11.1 Å². The van der Waals surface area contributed by atoms with Crippen molar-refractivity contribution >= 4 is 16.7 Å². The molecular weight excluding hydrogens is 269 g/mol. The lowest BCUT2D eigenvalue weighted by Crippen LogP contribution is -2.13. The van der Waals surface area contributed by atoms with Crippen LogP contribution in [0.5, 0.6) is 0 Å². The standard InChI is InChI=1S/C13H13F3N4/c14-13(15,16)9-3-1-2-8-10(9)19-12(20-11(8)17)7-4-5-18-6-7/h1-3,7,18H,4-6H2,(H2,17,19,20). The van der Waals surface area contributed by atoms with E-state index in [0.717, 1.165) is 19.0 Å². The van der Waals surface area contributed by atoms with E-state index in [2.05, 4.69) is 15.3 Å². The van der Waals surface area contributed by atoms with Gasteiger partial charge in [0.25, 0.3) is 0 Å². The van der Waals surface area contributed by atoms with Crippen molar-refractivity contribution in [2.45, 2.75) is 18.5 Å². The van der Waals surface area contributed by atoms with E-state index in [1.54, 1.807) is 0 Å². The van der Waals surface area contributed by atoms with E-state index in [9.17, 15) is 13.2 Å². The highest BCUT2D eigenvalue weighted by atomic mass is 19.4. The van der Waals surface area contributed by atoms with Crippen LogP contribution in [0.1, 0.15) is 23.7 Å². The summed E-state index contributed by atoms with van der Waals surface area (Å²) in [7, 11) is 0. The van der Waals surface area contributed by atoms with Crippen molar-refractivity contribution in [1.29, 1.82) is 0 Å². The van der Waals surface area contributed by atoms with Crippen molar-refractivity contribution in [3.8, 4) is 0 Å². The van der Waals surface area contributed by atoms with Crippen LogP contribution in [-0.4, -0.2) is 23.1 Å². The fourth-order valence-corrected chi connectivity index (χ4v) is 2.48. The minimum absolute atomic E-state index is 0.0167. The number of halogens is 3. The number of alkyl halides is 3. The maximum atomic E-state index is 13.0. The molecule has 0 aliphatic carbocycles. The van der Waals surface area contributed by atoms with Gasteiger partial charge in [-0.1, -0.05) is 6.07 Å². The van der Waals surface area contributed by atoms with Gasteiger partial charge in [0.2, 0.25) is 0 Å². The first-order valence-corrected chi connectivity index (χ1v) is 6.31. The molecule has 1 unspecified atom stereocenters. The lowest BCUT2D eigenvalue weighted by molar-refractivity contribution is -0.136. The first kappa shape index (κ1) is 13.1. The van der Waals surface area contributed by atoms with E-state index < -0.39 is 11.7 Å². The van der Waals surface area contributed by atoms with Crippen molar-refractivity contribution < 1.29 is 13.2 Å². The second-order valence-electron chi connectivity index (χ2n) is 4.86. The third-order valence-electron chi connectivity index (χ3n) is 3.50.